The number of unbranched alkanes of at least 4 members (excludes halogenated alkanes) is 1. The van der Waals surface area contributed by atoms with Crippen molar-refractivity contribution < 1.29 is 0 Å². The van der Waals surface area contributed by atoms with E-state index in [9.17, 15) is 0 Å². The van der Waals surface area contributed by atoms with E-state index >= 15 is 0 Å². The van der Waals surface area contributed by atoms with Gasteiger partial charge in [0.2, 0.25) is 0 Å². The third kappa shape index (κ3) is 2.00. The Kier molecular flexibility index (Phi) is 3.17. The summed E-state index contributed by atoms with van der Waals surface area (Å²) in [6, 6.07) is 13.1. The van der Waals surface area contributed by atoms with Gasteiger partial charge in [-0.2, -0.15) is 0 Å². The molecule has 0 radical (unpaired) electrons. The van der Waals surface area contributed by atoms with E-state index in [2.05, 4.69) is 40.7 Å². The molecular formula is C14H14ClNS. The van der Waals surface area contributed by atoms with Crippen LogP contribution in [-0.2, 0) is 0 Å². The summed E-state index contributed by atoms with van der Waals surface area (Å²) in [4.78, 5) is 1.38. The Bertz CT molecular complexity index is 535. The average molecular weight is 264 g/mol. The molecule has 0 bridgehead atoms. The summed E-state index contributed by atoms with van der Waals surface area (Å²) in [5.41, 5.74) is 1.36. The lowest BCUT2D eigenvalue weighted by atomic mass is 10.1. The second-order valence-corrected chi connectivity index (χ2v) is 5.66. The zero-order valence-corrected chi connectivity index (χ0v) is 11.1. The smallest absolute Gasteiger partial charge is 0.0563 e. The fourth-order valence-corrected chi connectivity index (χ4v) is 3.61. The van der Waals surface area contributed by atoms with Crippen LogP contribution in [0.3, 0.4) is 0 Å². The molecule has 1 heterocycles. The molecule has 3 heteroatoms. The van der Waals surface area contributed by atoms with Gasteiger partial charge in [0.1, 0.15) is 0 Å². The van der Waals surface area contributed by atoms with Crippen LogP contribution in [0.5, 0.6) is 0 Å². The summed E-state index contributed by atoms with van der Waals surface area (Å²) in [5, 5.41) is 2.75. The first-order valence-electron chi connectivity index (χ1n) is 5.93. The molecule has 1 aliphatic rings. The molecule has 0 amide bonds. The van der Waals surface area contributed by atoms with E-state index in [4.69, 9.17) is 11.6 Å². The Hall–Kier alpha value is -0.860. The Morgan fingerprint density at radius 3 is 2.71 bits per heavy atom. The molecule has 0 N–H and O–H groups in total. The fraction of sp³-hybridized carbons (Fsp3) is 0.286. The standard InChI is InChI=1S/C14H14ClNS/c15-9-1-2-10-16-12-7-3-5-11-6-4-8-13(17-16)14(11)12/h3-8H,1-2,9-10H2. The largest absolute Gasteiger partial charge is 0.311 e. The molecule has 0 atom stereocenters. The Morgan fingerprint density at radius 1 is 1.06 bits per heavy atom. The fourth-order valence-electron chi connectivity index (χ4n) is 2.26. The van der Waals surface area contributed by atoms with Crippen molar-refractivity contribution in [2.45, 2.75) is 17.7 Å². The number of rotatable bonds is 4. The molecular weight excluding hydrogens is 250 g/mol. The van der Waals surface area contributed by atoms with Crippen molar-refractivity contribution in [3.05, 3.63) is 36.4 Å². The summed E-state index contributed by atoms with van der Waals surface area (Å²) in [6.07, 6.45) is 2.24. The van der Waals surface area contributed by atoms with Crippen LogP contribution < -0.4 is 4.31 Å². The van der Waals surface area contributed by atoms with Crippen LogP contribution in [0, 0.1) is 0 Å². The minimum atomic E-state index is 0.760. The number of hydrogen-bond acceptors (Lipinski definition) is 2. The van der Waals surface area contributed by atoms with Gasteiger partial charge in [-0.15, -0.1) is 11.6 Å². The SMILES string of the molecule is ClCCCCN1Sc2cccc3cccc1c23. The molecule has 0 aromatic heterocycles. The predicted octanol–water partition coefficient (Wildman–Crippen LogP) is 4.69. The lowest BCUT2D eigenvalue weighted by molar-refractivity contribution is 0.816. The van der Waals surface area contributed by atoms with Gasteiger partial charge in [0, 0.05) is 22.7 Å². The number of hydrogen-bond donors (Lipinski definition) is 0. The summed E-state index contributed by atoms with van der Waals surface area (Å²) in [5.74, 6) is 0.760. The van der Waals surface area contributed by atoms with E-state index in [1.807, 2.05) is 11.9 Å². The van der Waals surface area contributed by atoms with Gasteiger partial charge in [0.25, 0.3) is 0 Å². The minimum absolute atomic E-state index is 0.760. The van der Waals surface area contributed by atoms with Crippen molar-refractivity contribution >= 4 is 40.0 Å². The molecule has 0 fully saturated rings. The highest BCUT2D eigenvalue weighted by Crippen LogP contribution is 2.45. The van der Waals surface area contributed by atoms with Crippen LogP contribution in [0.1, 0.15) is 12.8 Å². The van der Waals surface area contributed by atoms with Gasteiger partial charge in [-0.05, 0) is 42.3 Å². The Balaban J connectivity index is 1.93. The first-order valence-corrected chi connectivity index (χ1v) is 7.24. The molecule has 0 saturated carbocycles. The number of anilines is 1. The molecule has 3 rings (SSSR count). The second-order valence-electron chi connectivity index (χ2n) is 4.22. The Morgan fingerprint density at radius 2 is 1.88 bits per heavy atom. The van der Waals surface area contributed by atoms with Gasteiger partial charge < -0.3 is 4.31 Å². The lowest BCUT2D eigenvalue weighted by Gasteiger charge is -2.17. The van der Waals surface area contributed by atoms with E-state index in [0.29, 0.717) is 0 Å². The molecule has 88 valence electrons. The average Bonchev–Trinajstić information content (AvgIpc) is 2.71. The molecule has 2 aromatic carbocycles. The van der Waals surface area contributed by atoms with E-state index in [0.717, 1.165) is 25.3 Å². The third-order valence-electron chi connectivity index (χ3n) is 3.07. The molecule has 1 aliphatic heterocycles. The van der Waals surface area contributed by atoms with Gasteiger partial charge in [0.05, 0.1) is 5.69 Å². The van der Waals surface area contributed by atoms with Gasteiger partial charge in [-0.1, -0.05) is 24.3 Å². The van der Waals surface area contributed by atoms with Crippen molar-refractivity contribution in [1.29, 1.82) is 0 Å². The molecule has 17 heavy (non-hydrogen) atoms. The number of alkyl halides is 1. The monoisotopic (exact) mass is 263 g/mol. The minimum Gasteiger partial charge on any atom is -0.311 e. The first kappa shape index (κ1) is 11.2. The highest BCUT2D eigenvalue weighted by molar-refractivity contribution is 8.01. The molecule has 0 saturated heterocycles. The predicted molar refractivity (Wildman–Crippen MR) is 77.1 cm³/mol. The molecule has 1 nitrogen and oxygen atoms in total. The van der Waals surface area contributed by atoms with Gasteiger partial charge >= 0.3 is 0 Å². The molecule has 0 aliphatic carbocycles. The van der Waals surface area contributed by atoms with Gasteiger partial charge in [-0.3, -0.25) is 0 Å². The number of benzene rings is 2. The summed E-state index contributed by atoms with van der Waals surface area (Å²) in [6.45, 7) is 1.07. The van der Waals surface area contributed by atoms with E-state index < -0.39 is 0 Å². The quantitative estimate of drug-likeness (QED) is 0.447. The van der Waals surface area contributed by atoms with Crippen LogP contribution in [0.25, 0.3) is 10.8 Å². The van der Waals surface area contributed by atoms with Gasteiger partial charge in [-0.25, -0.2) is 0 Å². The van der Waals surface area contributed by atoms with Crippen LogP contribution in [0.15, 0.2) is 41.3 Å². The summed E-state index contributed by atoms with van der Waals surface area (Å²) >= 11 is 7.59. The highest BCUT2D eigenvalue weighted by Gasteiger charge is 2.21. The maximum absolute atomic E-state index is 5.73. The summed E-state index contributed by atoms with van der Waals surface area (Å²) in [7, 11) is 0. The number of nitrogens with zero attached hydrogens (tertiary/aromatic N) is 1. The topological polar surface area (TPSA) is 3.24 Å². The van der Waals surface area contributed by atoms with Crippen LogP contribution in [-0.4, -0.2) is 12.4 Å². The van der Waals surface area contributed by atoms with Gasteiger partial charge in [0.15, 0.2) is 0 Å². The van der Waals surface area contributed by atoms with Crippen LogP contribution in [0.4, 0.5) is 5.69 Å². The van der Waals surface area contributed by atoms with Crippen LogP contribution >= 0.6 is 23.5 Å². The van der Waals surface area contributed by atoms with Crippen molar-refractivity contribution in [3.63, 3.8) is 0 Å². The molecule has 0 unspecified atom stereocenters. The third-order valence-corrected chi connectivity index (χ3v) is 4.47. The maximum atomic E-state index is 5.73. The van der Waals surface area contributed by atoms with E-state index in [1.54, 1.807) is 0 Å². The highest BCUT2D eigenvalue weighted by atomic mass is 35.5. The maximum Gasteiger partial charge on any atom is 0.0563 e. The lowest BCUT2D eigenvalue weighted by Crippen LogP contribution is -2.12. The normalized spacial score (nSPS) is 13.6. The first-order chi connectivity index (χ1) is 8.40. The van der Waals surface area contributed by atoms with Crippen molar-refractivity contribution in [2.24, 2.45) is 0 Å². The summed E-state index contributed by atoms with van der Waals surface area (Å²) < 4.78 is 2.39. The number of halogens is 1. The van der Waals surface area contributed by atoms with Crippen LogP contribution in [0.2, 0.25) is 0 Å². The van der Waals surface area contributed by atoms with Crippen molar-refractivity contribution in [1.82, 2.24) is 0 Å². The second kappa shape index (κ2) is 4.79. The zero-order chi connectivity index (χ0) is 11.7. The van der Waals surface area contributed by atoms with E-state index in [-0.39, 0.29) is 0 Å². The van der Waals surface area contributed by atoms with E-state index in [1.165, 1.54) is 21.4 Å². The van der Waals surface area contributed by atoms with Crippen molar-refractivity contribution in [2.75, 3.05) is 16.7 Å². The molecule has 0 spiro atoms. The zero-order valence-electron chi connectivity index (χ0n) is 9.53. The van der Waals surface area contributed by atoms with Crippen molar-refractivity contribution in [3.8, 4) is 0 Å². The Labute approximate surface area is 111 Å². The molecule has 2 aromatic rings.